The molecular formula is C54H93NO2. The Morgan fingerprint density at radius 2 is 0.930 bits per heavy atom. The first-order chi connectivity index (χ1) is 27.8. The Kier molecular flexibility index (Phi) is 19.6. The molecule has 0 aliphatic heterocycles. The number of rotatable bonds is 18. The highest BCUT2D eigenvalue weighted by Crippen LogP contribution is 2.41. The van der Waals surface area contributed by atoms with E-state index in [1.54, 1.807) is 0 Å². The molecule has 6 saturated carbocycles. The quantitative estimate of drug-likeness (QED) is 0.129. The average Bonchev–Trinajstić information content (AvgIpc) is 3.24. The van der Waals surface area contributed by atoms with Gasteiger partial charge in [-0.05, 0) is 163 Å². The van der Waals surface area contributed by atoms with Crippen LogP contribution in [0.2, 0.25) is 0 Å². The summed E-state index contributed by atoms with van der Waals surface area (Å²) >= 11 is 0. The molecule has 0 saturated heterocycles. The molecule has 57 heavy (non-hydrogen) atoms. The Morgan fingerprint density at radius 3 is 1.42 bits per heavy atom. The molecule has 3 nitrogen and oxygen atoms in total. The van der Waals surface area contributed by atoms with Crippen molar-refractivity contribution in [2.24, 2.45) is 53.3 Å². The van der Waals surface area contributed by atoms with E-state index in [4.69, 9.17) is 9.47 Å². The lowest BCUT2D eigenvalue weighted by Crippen LogP contribution is -2.52. The van der Waals surface area contributed by atoms with Gasteiger partial charge in [-0.2, -0.15) is 0 Å². The van der Waals surface area contributed by atoms with Crippen LogP contribution >= 0.6 is 0 Å². The first-order valence-electron chi connectivity index (χ1n) is 25.8. The van der Waals surface area contributed by atoms with E-state index in [2.05, 4.69) is 69.1 Å². The largest absolute Gasteiger partial charge is 0.381 e. The fraction of sp³-hybridized carbons (Fsp3) is 0.889. The monoisotopic (exact) mass is 788 g/mol. The summed E-state index contributed by atoms with van der Waals surface area (Å²) in [5.74, 6) is 6.64. The summed E-state index contributed by atoms with van der Waals surface area (Å²) in [4.78, 5) is 3.18. The van der Waals surface area contributed by atoms with Crippen molar-refractivity contribution in [3.63, 3.8) is 0 Å². The fourth-order valence-electron chi connectivity index (χ4n) is 12.7. The molecule has 326 valence electrons. The molecule has 6 fully saturated rings. The molecule has 6 aliphatic carbocycles. The van der Waals surface area contributed by atoms with Gasteiger partial charge in [-0.15, -0.1) is 0 Å². The van der Waals surface area contributed by atoms with Crippen molar-refractivity contribution in [3.8, 4) is 0 Å². The van der Waals surface area contributed by atoms with E-state index >= 15 is 0 Å². The summed E-state index contributed by atoms with van der Waals surface area (Å²) in [6.07, 6.45) is 55.1. The predicted molar refractivity (Wildman–Crippen MR) is 245 cm³/mol. The van der Waals surface area contributed by atoms with Gasteiger partial charge in [0, 0.05) is 43.7 Å². The molecule has 5 atom stereocenters. The lowest BCUT2D eigenvalue weighted by molar-refractivity contribution is -0.0615. The topological polar surface area (TPSA) is 21.7 Å². The number of allylic oxidation sites excluding steroid dienone is 4. The number of ether oxygens (including phenoxy) is 2. The Labute approximate surface area is 354 Å². The zero-order valence-electron chi connectivity index (χ0n) is 38.3. The van der Waals surface area contributed by atoms with Crippen LogP contribution in [-0.4, -0.2) is 49.0 Å². The minimum Gasteiger partial charge on any atom is -0.381 e. The van der Waals surface area contributed by atoms with Gasteiger partial charge in [0.05, 0.1) is 12.2 Å². The van der Waals surface area contributed by atoms with Crippen molar-refractivity contribution in [2.75, 3.05) is 13.7 Å². The molecule has 6 aliphatic rings. The van der Waals surface area contributed by atoms with Crippen molar-refractivity contribution < 1.29 is 9.47 Å². The van der Waals surface area contributed by atoms with E-state index in [0.29, 0.717) is 24.0 Å². The van der Waals surface area contributed by atoms with Crippen molar-refractivity contribution in [3.05, 3.63) is 36.5 Å². The van der Waals surface area contributed by atoms with E-state index in [-0.39, 0.29) is 0 Å². The zero-order valence-corrected chi connectivity index (χ0v) is 38.3. The Bertz CT molecular complexity index is 1150. The predicted octanol–water partition coefficient (Wildman–Crippen LogP) is 15.1. The molecule has 0 aromatic carbocycles. The molecule has 0 spiro atoms. The van der Waals surface area contributed by atoms with Gasteiger partial charge in [-0.25, -0.2) is 0 Å². The van der Waals surface area contributed by atoms with Gasteiger partial charge in [-0.1, -0.05) is 122 Å². The SMILES string of the molecule is COC1CC(C=CC2CCCCC2)C(OCCC(C)CCCC(C)C)CC1C=CC1CCC(N(C2CCC(C)CC2)C2CCC(C=CC3CCCCC3)CC2)CC1. The van der Waals surface area contributed by atoms with Crippen molar-refractivity contribution >= 4 is 0 Å². The number of hydrogen-bond donors (Lipinski definition) is 0. The van der Waals surface area contributed by atoms with Gasteiger partial charge in [0.1, 0.15) is 0 Å². The maximum absolute atomic E-state index is 6.91. The van der Waals surface area contributed by atoms with Crippen LogP contribution in [0.3, 0.4) is 0 Å². The van der Waals surface area contributed by atoms with E-state index in [1.165, 1.54) is 167 Å². The van der Waals surface area contributed by atoms with E-state index in [0.717, 1.165) is 79.0 Å². The van der Waals surface area contributed by atoms with Crippen LogP contribution in [0, 0.1) is 53.3 Å². The van der Waals surface area contributed by atoms with Crippen LogP contribution in [0.5, 0.6) is 0 Å². The van der Waals surface area contributed by atoms with E-state index < -0.39 is 0 Å². The molecule has 0 aromatic rings. The highest BCUT2D eigenvalue weighted by Gasteiger charge is 2.39. The smallest absolute Gasteiger partial charge is 0.0645 e. The van der Waals surface area contributed by atoms with Gasteiger partial charge < -0.3 is 9.47 Å². The van der Waals surface area contributed by atoms with Crippen LogP contribution in [0.15, 0.2) is 36.5 Å². The lowest BCUT2D eigenvalue weighted by atomic mass is 9.75. The number of nitrogens with zero attached hydrogens (tertiary/aromatic N) is 1. The second-order valence-electron chi connectivity index (χ2n) is 21.7. The summed E-state index contributed by atoms with van der Waals surface area (Å²) in [7, 11) is 1.97. The normalized spacial score (nSPS) is 36.3. The molecule has 0 heterocycles. The Hall–Kier alpha value is -0.900. The van der Waals surface area contributed by atoms with Crippen LogP contribution in [0.4, 0.5) is 0 Å². The minimum absolute atomic E-state index is 0.297. The van der Waals surface area contributed by atoms with Gasteiger partial charge in [0.15, 0.2) is 0 Å². The summed E-state index contributed by atoms with van der Waals surface area (Å²) in [6, 6.07) is 2.46. The van der Waals surface area contributed by atoms with Crippen molar-refractivity contribution in [2.45, 2.75) is 238 Å². The molecule has 0 aromatic heterocycles. The fourth-order valence-corrected chi connectivity index (χ4v) is 12.7. The third-order valence-corrected chi connectivity index (χ3v) is 16.6. The zero-order chi connectivity index (χ0) is 39.8. The van der Waals surface area contributed by atoms with Crippen LogP contribution < -0.4 is 0 Å². The van der Waals surface area contributed by atoms with E-state index in [1.807, 2.05) is 7.11 Å². The molecule has 0 N–H and O–H groups in total. The molecular weight excluding hydrogens is 695 g/mol. The van der Waals surface area contributed by atoms with Gasteiger partial charge >= 0.3 is 0 Å². The molecule has 0 radical (unpaired) electrons. The molecule has 0 amide bonds. The van der Waals surface area contributed by atoms with Crippen molar-refractivity contribution in [1.29, 1.82) is 0 Å². The van der Waals surface area contributed by atoms with Crippen LogP contribution in [-0.2, 0) is 9.47 Å². The van der Waals surface area contributed by atoms with Gasteiger partial charge in [-0.3, -0.25) is 4.90 Å². The minimum atomic E-state index is 0.297. The van der Waals surface area contributed by atoms with Crippen molar-refractivity contribution in [1.82, 2.24) is 4.90 Å². The molecule has 6 rings (SSSR count). The summed E-state index contributed by atoms with van der Waals surface area (Å²) in [6.45, 7) is 10.6. The summed E-state index contributed by atoms with van der Waals surface area (Å²) in [5, 5.41) is 0. The standard InChI is InChI=1S/C54H93NO2/c1-41(2)13-12-14-42(3)37-38-57-54-40-48(53(56-5)39-49(54)30-23-45-17-10-7-11-18-45)29-24-47-27-35-52(36-28-47)55(50-31-19-43(4)20-32-50)51-33-25-46(26-34-51)22-21-44-15-8-6-9-16-44/h21-24,29-30,41-54H,6-20,25-28,31-40H2,1-5H3. The first-order valence-corrected chi connectivity index (χ1v) is 25.8. The number of hydrogen-bond acceptors (Lipinski definition) is 3. The van der Waals surface area contributed by atoms with Gasteiger partial charge in [0.25, 0.3) is 0 Å². The molecule has 3 heteroatoms. The highest BCUT2D eigenvalue weighted by atomic mass is 16.5. The van der Waals surface area contributed by atoms with Crippen LogP contribution in [0.1, 0.15) is 207 Å². The number of methoxy groups -OCH3 is 1. The second kappa shape index (κ2) is 24.5. The maximum atomic E-state index is 6.91. The van der Waals surface area contributed by atoms with Crippen LogP contribution in [0.25, 0.3) is 0 Å². The van der Waals surface area contributed by atoms with Gasteiger partial charge in [0.2, 0.25) is 0 Å². The summed E-state index contributed by atoms with van der Waals surface area (Å²) < 4.78 is 13.2. The van der Waals surface area contributed by atoms with E-state index in [9.17, 15) is 0 Å². The third-order valence-electron chi connectivity index (χ3n) is 16.6. The molecule has 5 unspecified atom stereocenters. The summed E-state index contributed by atoms with van der Waals surface area (Å²) in [5.41, 5.74) is 0. The third kappa shape index (κ3) is 14.9. The lowest BCUT2D eigenvalue weighted by Gasteiger charge is -2.49. The second-order valence-corrected chi connectivity index (χ2v) is 21.7. The first kappa shape index (κ1) is 45.6. The maximum Gasteiger partial charge on any atom is 0.0645 e. The highest BCUT2D eigenvalue weighted by molar-refractivity contribution is 5.07. The average molecular weight is 788 g/mol. The Balaban J connectivity index is 1.03. The Morgan fingerprint density at radius 1 is 0.491 bits per heavy atom. The molecule has 0 bridgehead atoms.